The van der Waals surface area contributed by atoms with Crippen LogP contribution in [0.15, 0.2) is 63.3 Å². The fourth-order valence-corrected chi connectivity index (χ4v) is 4.36. The van der Waals surface area contributed by atoms with E-state index in [0.717, 1.165) is 10.0 Å². The molecule has 0 amide bonds. The summed E-state index contributed by atoms with van der Waals surface area (Å²) in [7, 11) is -3.66. The molecule has 0 atom stereocenters. The summed E-state index contributed by atoms with van der Waals surface area (Å²) in [6, 6.07) is 13.7. The smallest absolute Gasteiger partial charge is 0.255 e. The average molecular weight is 430 g/mol. The lowest BCUT2D eigenvalue weighted by Gasteiger charge is -2.05. The van der Waals surface area contributed by atoms with E-state index in [1.165, 1.54) is 23.5 Å². The van der Waals surface area contributed by atoms with Crippen LogP contribution in [-0.2, 0) is 10.0 Å². The fourth-order valence-electron chi connectivity index (χ4n) is 1.90. The molecule has 0 saturated heterocycles. The maximum Gasteiger partial charge on any atom is 0.263 e. The van der Waals surface area contributed by atoms with Crippen LogP contribution in [0.25, 0.3) is 11.3 Å². The van der Waals surface area contributed by atoms with Gasteiger partial charge in [0.2, 0.25) is 0 Å². The molecule has 1 heterocycles. The molecule has 0 aliphatic rings. The molecular formula is C15H10BrClN2O2S2. The van der Waals surface area contributed by atoms with Gasteiger partial charge in [-0.3, -0.25) is 4.72 Å². The van der Waals surface area contributed by atoms with E-state index in [1.54, 1.807) is 23.6 Å². The number of anilines is 1. The normalized spacial score (nSPS) is 11.4. The van der Waals surface area contributed by atoms with Gasteiger partial charge in [0.15, 0.2) is 5.13 Å². The summed E-state index contributed by atoms with van der Waals surface area (Å²) < 4.78 is 28.0. The van der Waals surface area contributed by atoms with E-state index in [9.17, 15) is 8.42 Å². The van der Waals surface area contributed by atoms with Gasteiger partial charge >= 0.3 is 0 Å². The summed E-state index contributed by atoms with van der Waals surface area (Å²) in [4.78, 5) is 4.48. The van der Waals surface area contributed by atoms with E-state index >= 15 is 0 Å². The molecule has 8 heteroatoms. The van der Waals surface area contributed by atoms with E-state index in [4.69, 9.17) is 11.6 Å². The van der Waals surface area contributed by atoms with Gasteiger partial charge in [0.1, 0.15) is 0 Å². The molecule has 0 fully saturated rings. The number of rotatable bonds is 4. The first-order chi connectivity index (χ1) is 11.0. The first-order valence-corrected chi connectivity index (χ1v) is 9.98. The highest BCUT2D eigenvalue weighted by Gasteiger charge is 2.16. The van der Waals surface area contributed by atoms with Crippen LogP contribution in [0.3, 0.4) is 0 Å². The zero-order chi connectivity index (χ0) is 16.4. The molecule has 0 saturated carbocycles. The number of sulfonamides is 1. The molecule has 1 N–H and O–H groups in total. The van der Waals surface area contributed by atoms with Gasteiger partial charge in [0, 0.05) is 20.4 Å². The second-order valence-corrected chi connectivity index (χ2v) is 8.44. The van der Waals surface area contributed by atoms with Crippen molar-refractivity contribution in [2.24, 2.45) is 0 Å². The van der Waals surface area contributed by atoms with Crippen molar-refractivity contribution >= 4 is 54.0 Å². The van der Waals surface area contributed by atoms with Crippen LogP contribution in [0.4, 0.5) is 5.13 Å². The molecule has 2 aromatic carbocycles. The topological polar surface area (TPSA) is 59.1 Å². The highest BCUT2D eigenvalue weighted by atomic mass is 79.9. The molecule has 23 heavy (non-hydrogen) atoms. The van der Waals surface area contributed by atoms with Crippen LogP contribution in [0, 0.1) is 0 Å². The van der Waals surface area contributed by atoms with E-state index in [0.29, 0.717) is 15.8 Å². The molecule has 0 bridgehead atoms. The van der Waals surface area contributed by atoms with Crippen molar-refractivity contribution in [3.05, 3.63) is 63.4 Å². The SMILES string of the molecule is O=S(=O)(Nc1nc(-c2ccccc2Cl)cs1)c1ccc(Br)cc1. The second-order valence-electron chi connectivity index (χ2n) is 4.58. The zero-order valence-corrected chi connectivity index (χ0v) is 15.5. The quantitative estimate of drug-likeness (QED) is 0.633. The highest BCUT2D eigenvalue weighted by Crippen LogP contribution is 2.31. The molecule has 1 aromatic heterocycles. The van der Waals surface area contributed by atoms with Gasteiger partial charge < -0.3 is 0 Å². The van der Waals surface area contributed by atoms with E-state index in [1.807, 2.05) is 18.2 Å². The van der Waals surface area contributed by atoms with Crippen molar-refractivity contribution in [2.75, 3.05) is 4.72 Å². The molecule has 0 aliphatic carbocycles. The van der Waals surface area contributed by atoms with Crippen molar-refractivity contribution < 1.29 is 8.42 Å². The lowest BCUT2D eigenvalue weighted by Crippen LogP contribution is -2.12. The maximum atomic E-state index is 12.3. The van der Waals surface area contributed by atoms with Gasteiger partial charge in [-0.1, -0.05) is 45.7 Å². The summed E-state index contributed by atoms with van der Waals surface area (Å²) >= 11 is 10.6. The van der Waals surface area contributed by atoms with Crippen LogP contribution in [0.1, 0.15) is 0 Å². The maximum absolute atomic E-state index is 12.3. The average Bonchev–Trinajstić information content (AvgIpc) is 2.95. The Morgan fingerprint density at radius 3 is 2.48 bits per heavy atom. The van der Waals surface area contributed by atoms with Crippen molar-refractivity contribution in [2.45, 2.75) is 4.90 Å². The largest absolute Gasteiger partial charge is 0.263 e. The van der Waals surface area contributed by atoms with Gasteiger partial charge in [-0.25, -0.2) is 13.4 Å². The summed E-state index contributed by atoms with van der Waals surface area (Å²) in [6.07, 6.45) is 0. The van der Waals surface area contributed by atoms with Gasteiger partial charge in [-0.15, -0.1) is 11.3 Å². The number of halogens is 2. The Labute approximate surface area is 151 Å². The van der Waals surface area contributed by atoms with Gasteiger partial charge in [0.25, 0.3) is 10.0 Å². The Bertz CT molecular complexity index is 940. The van der Waals surface area contributed by atoms with E-state index in [2.05, 4.69) is 25.6 Å². The Morgan fingerprint density at radius 1 is 1.09 bits per heavy atom. The van der Waals surface area contributed by atoms with Crippen LogP contribution in [-0.4, -0.2) is 13.4 Å². The number of thiazole rings is 1. The Morgan fingerprint density at radius 2 is 1.78 bits per heavy atom. The molecule has 3 rings (SSSR count). The number of nitrogens with zero attached hydrogens (tertiary/aromatic N) is 1. The number of hydrogen-bond acceptors (Lipinski definition) is 4. The fraction of sp³-hybridized carbons (Fsp3) is 0. The van der Waals surface area contributed by atoms with Crippen LogP contribution < -0.4 is 4.72 Å². The summed E-state index contributed by atoms with van der Waals surface area (Å²) in [5.41, 5.74) is 1.40. The summed E-state index contributed by atoms with van der Waals surface area (Å²) in [5, 5.41) is 2.63. The molecule has 118 valence electrons. The van der Waals surface area contributed by atoms with Crippen molar-refractivity contribution in [3.8, 4) is 11.3 Å². The minimum Gasteiger partial charge on any atom is -0.255 e. The van der Waals surface area contributed by atoms with Gasteiger partial charge in [0.05, 0.1) is 10.6 Å². The van der Waals surface area contributed by atoms with Gasteiger partial charge in [-0.05, 0) is 30.3 Å². The van der Waals surface area contributed by atoms with Crippen molar-refractivity contribution in [1.82, 2.24) is 4.98 Å². The number of aromatic nitrogens is 1. The minimum absolute atomic E-state index is 0.176. The van der Waals surface area contributed by atoms with Crippen LogP contribution in [0.2, 0.25) is 5.02 Å². The van der Waals surface area contributed by atoms with Crippen LogP contribution in [0.5, 0.6) is 0 Å². The molecule has 0 aliphatic heterocycles. The standard InChI is InChI=1S/C15H10BrClN2O2S2/c16-10-5-7-11(8-6-10)23(20,21)19-15-18-14(9-22-15)12-3-1-2-4-13(12)17/h1-9H,(H,18,19). The molecule has 0 unspecified atom stereocenters. The predicted octanol–water partition coefficient (Wildman–Crippen LogP) is 5.03. The van der Waals surface area contributed by atoms with Crippen LogP contribution >= 0.6 is 38.9 Å². The number of benzene rings is 2. The molecular weight excluding hydrogens is 420 g/mol. The first kappa shape index (κ1) is 16.4. The Kier molecular flexibility index (Phi) is 4.72. The Hall–Kier alpha value is -1.41. The van der Waals surface area contributed by atoms with E-state index < -0.39 is 10.0 Å². The monoisotopic (exact) mass is 428 g/mol. The summed E-state index contributed by atoms with van der Waals surface area (Å²) in [5.74, 6) is 0. The lowest BCUT2D eigenvalue weighted by atomic mass is 10.2. The minimum atomic E-state index is -3.66. The number of hydrogen-bond donors (Lipinski definition) is 1. The van der Waals surface area contributed by atoms with Crippen molar-refractivity contribution in [3.63, 3.8) is 0 Å². The van der Waals surface area contributed by atoms with E-state index in [-0.39, 0.29) is 4.90 Å². The number of nitrogens with one attached hydrogen (secondary N) is 1. The summed E-state index contributed by atoms with van der Waals surface area (Å²) in [6.45, 7) is 0. The van der Waals surface area contributed by atoms with Gasteiger partial charge in [-0.2, -0.15) is 0 Å². The molecule has 4 nitrogen and oxygen atoms in total. The molecule has 0 radical (unpaired) electrons. The third kappa shape index (κ3) is 3.74. The van der Waals surface area contributed by atoms with Crippen molar-refractivity contribution in [1.29, 1.82) is 0 Å². The first-order valence-electron chi connectivity index (χ1n) is 6.44. The molecule has 3 aromatic rings. The predicted molar refractivity (Wildman–Crippen MR) is 97.5 cm³/mol. The Balaban J connectivity index is 1.87. The second kappa shape index (κ2) is 6.60. The zero-order valence-electron chi connectivity index (χ0n) is 11.5. The highest BCUT2D eigenvalue weighted by molar-refractivity contribution is 9.10. The third-order valence-corrected chi connectivity index (χ3v) is 6.10. The lowest BCUT2D eigenvalue weighted by molar-refractivity contribution is 0.601. The molecule has 0 spiro atoms. The third-order valence-electron chi connectivity index (χ3n) is 3.00.